The summed E-state index contributed by atoms with van der Waals surface area (Å²) >= 11 is 0. The summed E-state index contributed by atoms with van der Waals surface area (Å²) in [6.45, 7) is 0.0158. The van der Waals surface area contributed by atoms with Crippen LogP contribution in [-0.2, 0) is 22.9 Å². The van der Waals surface area contributed by atoms with E-state index < -0.39 is 27.5 Å². The fourth-order valence-electron chi connectivity index (χ4n) is 2.52. The third-order valence-electron chi connectivity index (χ3n) is 3.76. The average molecular weight is 368 g/mol. The zero-order chi connectivity index (χ0) is 18.4. The van der Waals surface area contributed by atoms with Crippen molar-refractivity contribution in [1.82, 2.24) is 14.9 Å². The minimum atomic E-state index is -3.61. The second-order valence-electron chi connectivity index (χ2n) is 5.71. The highest BCUT2D eigenvalue weighted by Crippen LogP contribution is 2.27. The fourth-order valence-corrected chi connectivity index (χ4v) is 3.01. The van der Waals surface area contributed by atoms with Crippen LogP contribution in [-0.4, -0.2) is 42.6 Å². The molecule has 10 heteroatoms. The third-order valence-corrected chi connectivity index (χ3v) is 4.62. The number of sulfone groups is 1. The second kappa shape index (κ2) is 6.03. The number of aromatic nitrogens is 2. The van der Waals surface area contributed by atoms with E-state index in [0.717, 1.165) is 18.4 Å². The van der Waals surface area contributed by atoms with Gasteiger partial charge in [0.1, 0.15) is 17.5 Å². The van der Waals surface area contributed by atoms with E-state index in [0.29, 0.717) is 5.56 Å². The number of rotatable bonds is 3. The van der Waals surface area contributed by atoms with Gasteiger partial charge in [-0.2, -0.15) is 0 Å². The van der Waals surface area contributed by atoms with Crippen molar-refractivity contribution in [2.24, 2.45) is 0 Å². The van der Waals surface area contributed by atoms with Crippen molar-refractivity contribution in [3.8, 4) is 0 Å². The molecule has 7 nitrogen and oxygen atoms in total. The van der Waals surface area contributed by atoms with Crippen LogP contribution in [0, 0.1) is 11.6 Å². The quantitative estimate of drug-likeness (QED) is 0.771. The summed E-state index contributed by atoms with van der Waals surface area (Å²) in [6, 6.07) is 2.67. The maximum Gasteiger partial charge on any atom is 0.326 e. The number of halogens is 2. The van der Waals surface area contributed by atoms with Gasteiger partial charge < -0.3 is 4.90 Å². The standard InChI is InChI=1S/C15H14F2N4O3S/c1-20-13-10(6-18-14(19-13)25(2,23)24)8-21(15(20)22)7-9-3-4-11(16)5-12(9)17/h3-6H,7-8H2,1-2H3. The zero-order valence-electron chi connectivity index (χ0n) is 13.4. The Morgan fingerprint density at radius 3 is 2.64 bits per heavy atom. The Labute approximate surface area is 142 Å². The SMILES string of the molecule is CN1C(=O)N(Cc2ccc(F)cc2F)Cc2cnc(S(C)(=O)=O)nc21. The number of hydrogen-bond acceptors (Lipinski definition) is 5. The van der Waals surface area contributed by atoms with Gasteiger partial charge in [0, 0.05) is 36.7 Å². The normalized spacial score (nSPS) is 14.6. The van der Waals surface area contributed by atoms with Crippen LogP contribution in [0.1, 0.15) is 11.1 Å². The summed E-state index contributed by atoms with van der Waals surface area (Å²) in [7, 11) is -2.17. The molecule has 0 saturated carbocycles. The van der Waals surface area contributed by atoms with E-state index in [9.17, 15) is 22.0 Å². The number of carbonyl (C=O) groups is 1. The van der Waals surface area contributed by atoms with Gasteiger partial charge in [0.15, 0.2) is 0 Å². The molecule has 3 rings (SSSR count). The van der Waals surface area contributed by atoms with Gasteiger partial charge in [-0.3, -0.25) is 4.90 Å². The van der Waals surface area contributed by atoms with Gasteiger partial charge in [0.25, 0.3) is 0 Å². The van der Waals surface area contributed by atoms with Crippen LogP contribution >= 0.6 is 0 Å². The lowest BCUT2D eigenvalue weighted by molar-refractivity contribution is 0.195. The molecule has 25 heavy (non-hydrogen) atoms. The fraction of sp³-hybridized carbons (Fsp3) is 0.267. The summed E-state index contributed by atoms with van der Waals surface area (Å²) in [5.41, 5.74) is 0.692. The molecule has 2 heterocycles. The molecule has 0 fully saturated rings. The van der Waals surface area contributed by atoms with Crippen LogP contribution in [0.15, 0.2) is 29.6 Å². The average Bonchev–Trinajstić information content (AvgIpc) is 2.53. The Balaban J connectivity index is 1.93. The first kappa shape index (κ1) is 17.2. The number of urea groups is 1. The summed E-state index contributed by atoms with van der Waals surface area (Å²) in [4.78, 5) is 22.7. The molecule has 1 aromatic heterocycles. The van der Waals surface area contributed by atoms with E-state index in [2.05, 4.69) is 9.97 Å². The highest BCUT2D eigenvalue weighted by Gasteiger charge is 2.31. The maximum atomic E-state index is 13.8. The van der Waals surface area contributed by atoms with Gasteiger partial charge >= 0.3 is 6.03 Å². The van der Waals surface area contributed by atoms with E-state index in [1.807, 2.05) is 0 Å². The van der Waals surface area contributed by atoms with Crippen LogP contribution in [0.5, 0.6) is 0 Å². The molecule has 1 aromatic carbocycles. The van der Waals surface area contributed by atoms with Crippen LogP contribution < -0.4 is 4.90 Å². The maximum absolute atomic E-state index is 13.8. The van der Waals surface area contributed by atoms with E-state index in [4.69, 9.17) is 0 Å². The molecule has 1 aliphatic rings. The van der Waals surface area contributed by atoms with Crippen molar-refractivity contribution >= 4 is 21.7 Å². The second-order valence-corrected chi connectivity index (χ2v) is 7.62. The van der Waals surface area contributed by atoms with E-state index in [1.54, 1.807) is 0 Å². The first-order valence-electron chi connectivity index (χ1n) is 7.19. The molecule has 132 valence electrons. The van der Waals surface area contributed by atoms with Crippen molar-refractivity contribution in [3.05, 3.63) is 47.2 Å². The molecule has 2 amide bonds. The van der Waals surface area contributed by atoms with Gasteiger partial charge in [0.05, 0.1) is 13.1 Å². The molecule has 0 unspecified atom stereocenters. The summed E-state index contributed by atoms with van der Waals surface area (Å²) < 4.78 is 50.0. The smallest absolute Gasteiger partial charge is 0.315 e. The number of nitrogens with zero attached hydrogens (tertiary/aromatic N) is 4. The first-order chi connectivity index (χ1) is 11.7. The lowest BCUT2D eigenvalue weighted by Gasteiger charge is -2.34. The molecular formula is C15H14F2N4O3S. The Hall–Kier alpha value is -2.62. The lowest BCUT2D eigenvalue weighted by Crippen LogP contribution is -2.45. The molecule has 0 spiro atoms. The molecule has 2 aromatic rings. The molecule has 0 N–H and O–H groups in total. The van der Waals surface area contributed by atoms with Gasteiger partial charge in [-0.25, -0.2) is 32.0 Å². The van der Waals surface area contributed by atoms with E-state index in [-0.39, 0.29) is 29.6 Å². The molecular weight excluding hydrogens is 354 g/mol. The highest BCUT2D eigenvalue weighted by atomic mass is 32.2. The molecule has 0 bridgehead atoms. The predicted octanol–water partition coefficient (Wildman–Crippen LogP) is 1.73. The van der Waals surface area contributed by atoms with Crippen molar-refractivity contribution in [1.29, 1.82) is 0 Å². The van der Waals surface area contributed by atoms with Crippen LogP contribution in [0.3, 0.4) is 0 Å². The number of carbonyl (C=O) groups excluding carboxylic acids is 1. The molecule has 0 saturated heterocycles. The third kappa shape index (κ3) is 3.29. The topological polar surface area (TPSA) is 83.5 Å². The largest absolute Gasteiger partial charge is 0.326 e. The summed E-state index contributed by atoms with van der Waals surface area (Å²) in [5, 5.41) is -0.371. The Kier molecular flexibility index (Phi) is 4.15. The Bertz CT molecular complexity index is 965. The molecule has 1 aliphatic heterocycles. The van der Waals surface area contributed by atoms with Crippen molar-refractivity contribution < 1.29 is 22.0 Å². The summed E-state index contributed by atoms with van der Waals surface area (Å²) in [5.74, 6) is -1.25. The number of hydrogen-bond donors (Lipinski definition) is 0. The number of anilines is 1. The lowest BCUT2D eigenvalue weighted by atomic mass is 10.1. The van der Waals surface area contributed by atoms with Gasteiger partial charge in [-0.15, -0.1) is 0 Å². The highest BCUT2D eigenvalue weighted by molar-refractivity contribution is 7.90. The first-order valence-corrected chi connectivity index (χ1v) is 9.08. The van der Waals surface area contributed by atoms with Crippen molar-refractivity contribution in [2.75, 3.05) is 18.2 Å². The zero-order valence-corrected chi connectivity index (χ0v) is 14.2. The summed E-state index contributed by atoms with van der Waals surface area (Å²) in [6.07, 6.45) is 2.30. The van der Waals surface area contributed by atoms with Crippen LogP contribution in [0.25, 0.3) is 0 Å². The van der Waals surface area contributed by atoms with Crippen LogP contribution in [0.2, 0.25) is 0 Å². The van der Waals surface area contributed by atoms with Crippen LogP contribution in [0.4, 0.5) is 19.4 Å². The minimum Gasteiger partial charge on any atom is -0.315 e. The number of fused-ring (bicyclic) bond motifs is 1. The van der Waals surface area contributed by atoms with Gasteiger partial charge in [0.2, 0.25) is 15.0 Å². The van der Waals surface area contributed by atoms with E-state index in [1.165, 1.54) is 29.1 Å². The number of benzene rings is 1. The predicted molar refractivity (Wildman–Crippen MR) is 84.5 cm³/mol. The Morgan fingerprint density at radius 2 is 2.00 bits per heavy atom. The Morgan fingerprint density at radius 1 is 1.28 bits per heavy atom. The minimum absolute atomic E-state index is 0.0669. The van der Waals surface area contributed by atoms with Crippen molar-refractivity contribution in [3.63, 3.8) is 0 Å². The van der Waals surface area contributed by atoms with Gasteiger partial charge in [-0.1, -0.05) is 6.07 Å². The molecule has 0 radical (unpaired) electrons. The number of amides is 2. The molecule has 0 atom stereocenters. The van der Waals surface area contributed by atoms with E-state index >= 15 is 0 Å². The van der Waals surface area contributed by atoms with Gasteiger partial charge in [-0.05, 0) is 6.07 Å². The van der Waals surface area contributed by atoms with Crippen molar-refractivity contribution in [2.45, 2.75) is 18.2 Å². The molecule has 0 aliphatic carbocycles. The monoisotopic (exact) mass is 368 g/mol.